The molecule has 3 aromatic carbocycles. The maximum Gasteiger partial charge on any atom is 0.345 e. The number of carbonyl (C=O) groups is 1. The minimum atomic E-state index is -3.37. The van der Waals surface area contributed by atoms with Crippen LogP contribution in [-0.2, 0) is 14.6 Å². The molecule has 1 aliphatic heterocycles. The normalized spacial score (nSPS) is 18.1. The number of hydrogen-bond acceptors (Lipinski definition) is 7. The molecule has 1 saturated heterocycles. The maximum atomic E-state index is 13.0. The van der Waals surface area contributed by atoms with Crippen LogP contribution >= 0.6 is 0 Å². The average Bonchev–Trinajstić information content (AvgIpc) is 3.02. The second-order valence-corrected chi connectivity index (χ2v) is 12.5. The van der Waals surface area contributed by atoms with Gasteiger partial charge in [-0.1, -0.05) is 31.2 Å². The zero-order valence-electron chi connectivity index (χ0n) is 23.6. The molecule has 2 N–H and O–H groups in total. The monoisotopic (exact) mass is 602 g/mol. The smallest absolute Gasteiger partial charge is 0.345 e. The van der Waals surface area contributed by atoms with Gasteiger partial charge in [-0.15, -0.1) is 0 Å². The minimum Gasteiger partial charge on any atom is -0.497 e. The van der Waals surface area contributed by atoms with Crippen LogP contribution in [0.25, 0.3) is 0 Å². The van der Waals surface area contributed by atoms with E-state index in [4.69, 9.17) is 4.74 Å². The molecule has 0 saturated carbocycles. The van der Waals surface area contributed by atoms with Crippen molar-refractivity contribution in [2.75, 3.05) is 37.5 Å². The van der Waals surface area contributed by atoms with Gasteiger partial charge in [0.25, 0.3) is 5.91 Å². The summed E-state index contributed by atoms with van der Waals surface area (Å²) in [5, 5.41) is 12.7. The molecule has 4 rings (SSSR count). The van der Waals surface area contributed by atoms with E-state index >= 15 is 0 Å². The lowest BCUT2D eigenvalue weighted by atomic mass is 9.87. The molecule has 42 heavy (non-hydrogen) atoms. The molecule has 0 aliphatic carbocycles. The predicted octanol–water partition coefficient (Wildman–Crippen LogP) is 4.94. The van der Waals surface area contributed by atoms with E-state index < -0.39 is 28.4 Å². The number of nitrogens with one attached hydrogen (secondary N) is 1. The van der Waals surface area contributed by atoms with Crippen molar-refractivity contribution in [2.24, 2.45) is 0 Å². The van der Waals surface area contributed by atoms with E-state index in [-0.39, 0.29) is 35.8 Å². The Morgan fingerprint density at radius 3 is 2.26 bits per heavy atom. The zero-order chi connectivity index (χ0) is 30.3. The highest BCUT2D eigenvalue weighted by molar-refractivity contribution is 7.91. The second kappa shape index (κ2) is 14.1. The van der Waals surface area contributed by atoms with Crippen molar-refractivity contribution in [3.8, 4) is 5.75 Å². The number of anilines is 1. The Morgan fingerprint density at radius 1 is 1.02 bits per heavy atom. The average molecular weight is 603 g/mol. The number of nitrogens with zero attached hydrogens (tertiary/aromatic N) is 1. The lowest BCUT2D eigenvalue weighted by molar-refractivity contribution is -0.133. The van der Waals surface area contributed by atoms with Crippen molar-refractivity contribution >= 4 is 21.4 Å². The first-order valence-electron chi connectivity index (χ1n) is 13.8. The zero-order valence-corrected chi connectivity index (χ0v) is 24.4. The number of methoxy groups -OCH3 is 1. The summed E-state index contributed by atoms with van der Waals surface area (Å²) in [6, 6.07) is 19.8. The van der Waals surface area contributed by atoms with Crippen molar-refractivity contribution in [3.63, 3.8) is 0 Å². The number of benzene rings is 3. The molecule has 1 heterocycles. The van der Waals surface area contributed by atoms with Crippen LogP contribution in [0.4, 0.5) is 14.5 Å². The van der Waals surface area contributed by atoms with Gasteiger partial charge in [0.15, 0.2) is 9.84 Å². The van der Waals surface area contributed by atoms with Crippen molar-refractivity contribution in [3.05, 3.63) is 89.5 Å². The highest BCUT2D eigenvalue weighted by Gasteiger charge is 2.30. The highest BCUT2D eigenvalue weighted by atomic mass is 32.2. The Balaban J connectivity index is 1.48. The van der Waals surface area contributed by atoms with Gasteiger partial charge in [0, 0.05) is 23.7 Å². The summed E-state index contributed by atoms with van der Waals surface area (Å²) in [7, 11) is -1.76. The number of carbonyl (C=O) groups excluding carboxylic acids is 1. The van der Waals surface area contributed by atoms with Crippen molar-refractivity contribution in [2.45, 2.75) is 49.3 Å². The number of hydrogen-bond donors (Lipinski definition) is 2. The number of piperidine rings is 1. The van der Waals surface area contributed by atoms with Gasteiger partial charge in [-0.25, -0.2) is 8.42 Å². The summed E-state index contributed by atoms with van der Waals surface area (Å²) in [4.78, 5) is 15.3. The SMILES string of the molecule is CCS(=O)(=O)c1ccc([C@H](CO)NC(=O)c2ccc(N3CC(c4ccc(OC)cc4)CC[C@H]3COC(F)F)cc2)cc1. The Labute approximate surface area is 245 Å². The van der Waals surface area contributed by atoms with Crippen LogP contribution in [0.3, 0.4) is 0 Å². The summed E-state index contributed by atoms with van der Waals surface area (Å²) in [5.74, 6) is 0.486. The number of aliphatic hydroxyl groups excluding tert-OH is 1. The standard InChI is InChI=1S/C31H36F2N2O6S/c1-3-42(38,39)28-16-9-22(10-17-28)29(19-36)34-30(37)23-4-11-25(12-5-23)35-18-24(6-13-26(35)20-41-31(32)33)21-7-14-27(40-2)15-8-21/h4-5,7-12,14-17,24,26,29,31,36H,3,6,13,18-20H2,1-2H3,(H,34,37)/t24?,26-,29-/m0/s1. The summed E-state index contributed by atoms with van der Waals surface area (Å²) in [5.41, 5.74) is 2.82. The number of aliphatic hydroxyl groups is 1. The van der Waals surface area contributed by atoms with E-state index in [1.165, 1.54) is 12.1 Å². The predicted molar refractivity (Wildman–Crippen MR) is 156 cm³/mol. The van der Waals surface area contributed by atoms with Gasteiger partial charge in [0.05, 0.1) is 43.1 Å². The fourth-order valence-electron chi connectivity index (χ4n) is 5.20. The van der Waals surface area contributed by atoms with Gasteiger partial charge in [-0.2, -0.15) is 8.78 Å². The molecule has 226 valence electrons. The van der Waals surface area contributed by atoms with Crippen molar-refractivity contribution in [1.29, 1.82) is 0 Å². The summed E-state index contributed by atoms with van der Waals surface area (Å²) in [6.07, 6.45) is 1.47. The molecular formula is C31H36F2N2O6S. The van der Waals surface area contributed by atoms with Crippen LogP contribution < -0.4 is 15.0 Å². The molecule has 1 unspecified atom stereocenters. The van der Waals surface area contributed by atoms with E-state index in [1.807, 2.05) is 29.2 Å². The Kier molecular flexibility index (Phi) is 10.5. The lowest BCUT2D eigenvalue weighted by Crippen LogP contribution is -2.45. The van der Waals surface area contributed by atoms with Crippen molar-refractivity contribution < 1.29 is 36.6 Å². The number of ether oxygens (including phenoxy) is 2. The Bertz CT molecular complexity index is 1420. The molecule has 3 atom stereocenters. The molecule has 11 heteroatoms. The van der Waals surface area contributed by atoms with Crippen LogP contribution in [0, 0.1) is 0 Å². The van der Waals surface area contributed by atoms with E-state index in [1.54, 1.807) is 50.4 Å². The number of sulfone groups is 1. The largest absolute Gasteiger partial charge is 0.497 e. The fourth-order valence-corrected chi connectivity index (χ4v) is 6.09. The Hall–Kier alpha value is -3.54. The molecule has 0 spiro atoms. The molecular weight excluding hydrogens is 566 g/mol. The van der Waals surface area contributed by atoms with Crippen LogP contribution in [0.1, 0.15) is 53.2 Å². The maximum absolute atomic E-state index is 13.0. The molecule has 8 nitrogen and oxygen atoms in total. The number of rotatable bonds is 12. The van der Waals surface area contributed by atoms with Gasteiger partial charge >= 0.3 is 6.61 Å². The van der Waals surface area contributed by atoms with Gasteiger partial charge in [0.1, 0.15) is 5.75 Å². The topological polar surface area (TPSA) is 105 Å². The third-order valence-electron chi connectivity index (χ3n) is 7.68. The highest BCUT2D eigenvalue weighted by Crippen LogP contribution is 2.34. The molecule has 1 aliphatic rings. The van der Waals surface area contributed by atoms with Crippen molar-refractivity contribution in [1.82, 2.24) is 5.32 Å². The van der Waals surface area contributed by atoms with Gasteiger partial charge < -0.3 is 24.8 Å². The first-order chi connectivity index (χ1) is 20.1. The van der Waals surface area contributed by atoms with Crippen LogP contribution in [0.5, 0.6) is 5.75 Å². The van der Waals surface area contributed by atoms with E-state index in [2.05, 4.69) is 10.1 Å². The third kappa shape index (κ3) is 7.64. The van der Waals surface area contributed by atoms with Crippen LogP contribution in [-0.4, -0.2) is 64.7 Å². The third-order valence-corrected chi connectivity index (χ3v) is 9.43. The molecule has 1 amide bonds. The molecule has 0 aromatic heterocycles. The molecule has 0 radical (unpaired) electrons. The lowest BCUT2D eigenvalue weighted by Gasteiger charge is -2.41. The summed E-state index contributed by atoms with van der Waals surface area (Å²) >= 11 is 0. The number of amides is 1. The molecule has 3 aromatic rings. The summed E-state index contributed by atoms with van der Waals surface area (Å²) in [6.45, 7) is -1.20. The molecule has 1 fully saturated rings. The number of halogens is 2. The second-order valence-electron chi connectivity index (χ2n) is 10.2. The van der Waals surface area contributed by atoms with E-state index in [0.29, 0.717) is 24.1 Å². The first kappa shape index (κ1) is 31.4. The quantitative estimate of drug-likeness (QED) is 0.303. The minimum absolute atomic E-state index is 0.0257. The summed E-state index contributed by atoms with van der Waals surface area (Å²) < 4.78 is 59.9. The van der Waals surface area contributed by atoms with Gasteiger partial charge in [-0.05, 0) is 72.5 Å². The number of alkyl halides is 2. The van der Waals surface area contributed by atoms with Crippen LogP contribution in [0.15, 0.2) is 77.7 Å². The Morgan fingerprint density at radius 2 is 1.69 bits per heavy atom. The van der Waals surface area contributed by atoms with E-state index in [9.17, 15) is 27.1 Å². The van der Waals surface area contributed by atoms with Crippen LogP contribution in [0.2, 0.25) is 0 Å². The van der Waals surface area contributed by atoms with E-state index in [0.717, 1.165) is 23.4 Å². The van der Waals surface area contributed by atoms with Gasteiger partial charge in [-0.3, -0.25) is 4.79 Å². The first-order valence-corrected chi connectivity index (χ1v) is 15.4. The van der Waals surface area contributed by atoms with Gasteiger partial charge in [0.2, 0.25) is 0 Å². The fraction of sp³-hybridized carbons (Fsp3) is 0.387. The molecule has 0 bridgehead atoms.